The molecule has 94 valence electrons. The SMILES string of the molecule is CCc1cccc(Nc2cc(Cl)c(N)cc2C)c1. The van der Waals surface area contributed by atoms with Gasteiger partial charge in [0.15, 0.2) is 0 Å². The van der Waals surface area contributed by atoms with Crippen molar-refractivity contribution in [2.75, 3.05) is 11.1 Å². The molecule has 0 bridgehead atoms. The molecule has 3 heteroatoms. The van der Waals surface area contributed by atoms with Crippen LogP contribution in [-0.4, -0.2) is 0 Å². The molecular weight excluding hydrogens is 244 g/mol. The van der Waals surface area contributed by atoms with Crippen LogP contribution in [0.1, 0.15) is 18.1 Å². The van der Waals surface area contributed by atoms with Gasteiger partial charge in [-0.2, -0.15) is 0 Å². The first-order valence-electron chi connectivity index (χ1n) is 6.01. The van der Waals surface area contributed by atoms with Gasteiger partial charge in [-0.3, -0.25) is 0 Å². The number of nitrogens with two attached hydrogens (primary N) is 1. The summed E-state index contributed by atoms with van der Waals surface area (Å²) >= 11 is 6.05. The van der Waals surface area contributed by atoms with Gasteiger partial charge in [-0.1, -0.05) is 30.7 Å². The molecule has 18 heavy (non-hydrogen) atoms. The van der Waals surface area contributed by atoms with E-state index in [0.29, 0.717) is 10.7 Å². The van der Waals surface area contributed by atoms with Gasteiger partial charge in [0.2, 0.25) is 0 Å². The fourth-order valence-corrected chi connectivity index (χ4v) is 2.03. The predicted molar refractivity (Wildman–Crippen MR) is 79.7 cm³/mol. The van der Waals surface area contributed by atoms with Crippen LogP contribution >= 0.6 is 11.6 Å². The number of halogens is 1. The lowest BCUT2D eigenvalue weighted by Gasteiger charge is -2.12. The summed E-state index contributed by atoms with van der Waals surface area (Å²) in [6.45, 7) is 4.16. The van der Waals surface area contributed by atoms with Crippen molar-refractivity contribution in [1.29, 1.82) is 0 Å². The van der Waals surface area contributed by atoms with Gasteiger partial charge in [-0.25, -0.2) is 0 Å². The maximum Gasteiger partial charge on any atom is 0.0656 e. The highest BCUT2D eigenvalue weighted by atomic mass is 35.5. The second-order valence-electron chi connectivity index (χ2n) is 4.37. The van der Waals surface area contributed by atoms with Crippen LogP contribution in [0.5, 0.6) is 0 Å². The molecule has 0 spiro atoms. The molecule has 0 aliphatic rings. The average molecular weight is 261 g/mol. The Balaban J connectivity index is 2.30. The molecule has 2 aromatic rings. The van der Waals surface area contributed by atoms with Gasteiger partial charge in [0.1, 0.15) is 0 Å². The lowest BCUT2D eigenvalue weighted by Crippen LogP contribution is -1.96. The molecule has 0 aromatic heterocycles. The molecular formula is C15H17ClN2. The van der Waals surface area contributed by atoms with Gasteiger partial charge in [0.25, 0.3) is 0 Å². The topological polar surface area (TPSA) is 38.0 Å². The fourth-order valence-electron chi connectivity index (χ4n) is 1.86. The van der Waals surface area contributed by atoms with Crippen LogP contribution in [0, 0.1) is 6.92 Å². The Labute approximate surface area is 113 Å². The molecule has 2 nitrogen and oxygen atoms in total. The van der Waals surface area contributed by atoms with Gasteiger partial charge >= 0.3 is 0 Å². The largest absolute Gasteiger partial charge is 0.398 e. The first-order valence-corrected chi connectivity index (χ1v) is 6.39. The van der Waals surface area contributed by atoms with Crippen LogP contribution in [0.15, 0.2) is 36.4 Å². The summed E-state index contributed by atoms with van der Waals surface area (Å²) in [6.07, 6.45) is 1.02. The molecule has 0 radical (unpaired) electrons. The molecule has 0 saturated heterocycles. The summed E-state index contributed by atoms with van der Waals surface area (Å²) in [5, 5.41) is 3.95. The van der Waals surface area contributed by atoms with E-state index in [9.17, 15) is 0 Å². The van der Waals surface area contributed by atoms with Crippen LogP contribution in [0.2, 0.25) is 5.02 Å². The van der Waals surface area contributed by atoms with E-state index in [1.807, 2.05) is 25.1 Å². The van der Waals surface area contributed by atoms with Crippen LogP contribution in [0.4, 0.5) is 17.1 Å². The van der Waals surface area contributed by atoms with E-state index in [0.717, 1.165) is 23.4 Å². The highest BCUT2D eigenvalue weighted by Gasteiger charge is 2.04. The number of anilines is 3. The van der Waals surface area contributed by atoms with E-state index in [2.05, 4.69) is 30.4 Å². The van der Waals surface area contributed by atoms with Crippen molar-refractivity contribution in [2.24, 2.45) is 0 Å². The van der Waals surface area contributed by atoms with Crippen molar-refractivity contribution < 1.29 is 0 Å². The Bertz CT molecular complexity index is 564. The van der Waals surface area contributed by atoms with Crippen LogP contribution < -0.4 is 11.1 Å². The number of benzene rings is 2. The average Bonchev–Trinajstić information content (AvgIpc) is 2.36. The number of rotatable bonds is 3. The Hall–Kier alpha value is -1.67. The van der Waals surface area contributed by atoms with Crippen LogP contribution in [0.3, 0.4) is 0 Å². The zero-order chi connectivity index (χ0) is 13.1. The first kappa shape index (κ1) is 12.8. The minimum atomic E-state index is 0.578. The van der Waals surface area contributed by atoms with E-state index in [4.69, 9.17) is 17.3 Å². The van der Waals surface area contributed by atoms with Gasteiger partial charge in [-0.05, 0) is 48.7 Å². The highest BCUT2D eigenvalue weighted by Crippen LogP contribution is 2.29. The molecule has 0 aliphatic heterocycles. The van der Waals surface area contributed by atoms with Crippen LogP contribution in [0.25, 0.3) is 0 Å². The lowest BCUT2D eigenvalue weighted by atomic mass is 10.1. The molecule has 0 heterocycles. The maximum atomic E-state index is 6.05. The van der Waals surface area contributed by atoms with Crippen molar-refractivity contribution in [3.05, 3.63) is 52.5 Å². The summed E-state index contributed by atoms with van der Waals surface area (Å²) in [5.41, 5.74) is 10.8. The van der Waals surface area contributed by atoms with Crippen molar-refractivity contribution >= 4 is 28.7 Å². The predicted octanol–water partition coefficient (Wildman–Crippen LogP) is 4.54. The molecule has 3 N–H and O–H groups in total. The second kappa shape index (κ2) is 5.32. The fraction of sp³-hybridized carbons (Fsp3) is 0.200. The van der Waals surface area contributed by atoms with E-state index < -0.39 is 0 Å². The minimum Gasteiger partial charge on any atom is -0.398 e. The summed E-state index contributed by atoms with van der Waals surface area (Å²) < 4.78 is 0. The standard InChI is InChI=1S/C15H17ClN2/c1-3-11-5-4-6-12(8-11)18-15-9-13(16)14(17)7-10(15)2/h4-9,18H,3,17H2,1-2H3. The van der Waals surface area contributed by atoms with Crippen molar-refractivity contribution in [3.8, 4) is 0 Å². The van der Waals surface area contributed by atoms with Crippen molar-refractivity contribution in [3.63, 3.8) is 0 Å². The van der Waals surface area contributed by atoms with Crippen LogP contribution in [-0.2, 0) is 6.42 Å². The lowest BCUT2D eigenvalue weighted by molar-refractivity contribution is 1.14. The zero-order valence-electron chi connectivity index (χ0n) is 10.6. The van der Waals surface area contributed by atoms with E-state index in [1.165, 1.54) is 5.56 Å². The summed E-state index contributed by atoms with van der Waals surface area (Å²) in [7, 11) is 0. The number of aryl methyl sites for hydroxylation is 2. The molecule has 0 aliphatic carbocycles. The van der Waals surface area contributed by atoms with Gasteiger partial charge in [-0.15, -0.1) is 0 Å². The van der Waals surface area contributed by atoms with Crippen molar-refractivity contribution in [2.45, 2.75) is 20.3 Å². The van der Waals surface area contributed by atoms with E-state index in [1.54, 1.807) is 0 Å². The number of hydrogen-bond acceptors (Lipinski definition) is 2. The molecule has 0 fully saturated rings. The first-order chi connectivity index (χ1) is 8.60. The highest BCUT2D eigenvalue weighted by molar-refractivity contribution is 6.33. The summed E-state index contributed by atoms with van der Waals surface area (Å²) in [4.78, 5) is 0. The number of hydrogen-bond donors (Lipinski definition) is 2. The second-order valence-corrected chi connectivity index (χ2v) is 4.77. The quantitative estimate of drug-likeness (QED) is 0.796. The molecule has 0 atom stereocenters. The molecule has 2 aromatic carbocycles. The van der Waals surface area contributed by atoms with E-state index >= 15 is 0 Å². The van der Waals surface area contributed by atoms with Crippen molar-refractivity contribution in [1.82, 2.24) is 0 Å². The van der Waals surface area contributed by atoms with Gasteiger partial charge in [0.05, 0.1) is 10.7 Å². The monoisotopic (exact) mass is 260 g/mol. The normalized spacial score (nSPS) is 10.4. The van der Waals surface area contributed by atoms with E-state index in [-0.39, 0.29) is 0 Å². The molecule has 2 rings (SSSR count). The van der Waals surface area contributed by atoms with Gasteiger partial charge < -0.3 is 11.1 Å². The smallest absolute Gasteiger partial charge is 0.0656 e. The van der Waals surface area contributed by atoms with Gasteiger partial charge in [0, 0.05) is 11.4 Å². The summed E-state index contributed by atoms with van der Waals surface area (Å²) in [6, 6.07) is 12.1. The minimum absolute atomic E-state index is 0.578. The Morgan fingerprint density at radius 1 is 1.22 bits per heavy atom. The third-order valence-corrected chi connectivity index (χ3v) is 3.29. The summed E-state index contributed by atoms with van der Waals surface area (Å²) in [5.74, 6) is 0. The molecule has 0 saturated carbocycles. The number of nitrogen functional groups attached to an aromatic ring is 1. The third-order valence-electron chi connectivity index (χ3n) is 2.96. The zero-order valence-corrected chi connectivity index (χ0v) is 11.4. The third kappa shape index (κ3) is 2.77. The Morgan fingerprint density at radius 2 is 2.00 bits per heavy atom. The molecule has 0 unspecified atom stereocenters. The number of nitrogens with one attached hydrogen (secondary N) is 1. The Morgan fingerprint density at radius 3 is 2.72 bits per heavy atom. The maximum absolute atomic E-state index is 6.05. The molecule has 0 amide bonds. The Kier molecular flexibility index (Phi) is 3.78.